The van der Waals surface area contributed by atoms with Crippen LogP contribution in [-0.4, -0.2) is 20.1 Å². The van der Waals surface area contributed by atoms with Crippen molar-refractivity contribution in [1.29, 1.82) is 5.26 Å². The standard InChI is InChI=1S/C14H11FO2.C5H8BN/c1-17-14-7-2-10(9-16)8-13(14)11-3-5-12(15)6-4-11;7-5-6-3-1-2-4-6/h2-9H,1H3;1-4H2. The summed E-state index contributed by atoms with van der Waals surface area (Å²) in [6.07, 6.45) is 5.62. The first kappa shape index (κ1) is 17.7. The summed E-state index contributed by atoms with van der Waals surface area (Å²) in [5.41, 5.74) is 2.15. The minimum absolute atomic E-state index is 0.292. The normalized spacial score (nSPS) is 12.8. The molecule has 0 spiro atoms. The molecule has 24 heavy (non-hydrogen) atoms. The van der Waals surface area contributed by atoms with Crippen LogP contribution in [0.2, 0.25) is 12.6 Å². The van der Waals surface area contributed by atoms with Gasteiger partial charge >= 0.3 is 0 Å². The maximum atomic E-state index is 12.8. The Morgan fingerprint density at radius 1 is 1.17 bits per heavy atom. The van der Waals surface area contributed by atoms with Gasteiger partial charge in [-0.2, -0.15) is 0 Å². The van der Waals surface area contributed by atoms with E-state index in [-0.39, 0.29) is 5.82 Å². The Labute approximate surface area is 142 Å². The summed E-state index contributed by atoms with van der Waals surface area (Å²) in [6.45, 7) is 0.403. The topological polar surface area (TPSA) is 50.1 Å². The van der Waals surface area contributed by atoms with Gasteiger partial charge in [0.1, 0.15) is 17.9 Å². The van der Waals surface area contributed by atoms with Gasteiger partial charge in [0, 0.05) is 17.1 Å². The van der Waals surface area contributed by atoms with Crippen molar-refractivity contribution in [2.24, 2.45) is 0 Å². The van der Waals surface area contributed by atoms with Crippen molar-refractivity contribution in [3.63, 3.8) is 0 Å². The van der Waals surface area contributed by atoms with Gasteiger partial charge in [0.15, 0.2) is 0 Å². The number of methoxy groups -OCH3 is 1. The fourth-order valence-corrected chi connectivity index (χ4v) is 2.71. The summed E-state index contributed by atoms with van der Waals surface area (Å²) >= 11 is 0. The second kappa shape index (κ2) is 8.88. The first-order valence-corrected chi connectivity index (χ1v) is 7.96. The summed E-state index contributed by atoms with van der Waals surface area (Å²) in [5.74, 6) is 2.63. The molecule has 0 aromatic heterocycles. The lowest BCUT2D eigenvalue weighted by atomic mass is 9.50. The van der Waals surface area contributed by atoms with Crippen molar-refractivity contribution in [3.05, 3.63) is 53.8 Å². The maximum Gasteiger partial charge on any atom is 0.267 e. The minimum Gasteiger partial charge on any atom is -0.496 e. The summed E-state index contributed by atoms with van der Waals surface area (Å²) in [6, 6.07) is 11.2. The third-order valence-corrected chi connectivity index (χ3v) is 4.05. The highest BCUT2D eigenvalue weighted by atomic mass is 19.1. The highest BCUT2D eigenvalue weighted by molar-refractivity contribution is 6.67. The molecule has 3 rings (SSSR count). The fourth-order valence-electron chi connectivity index (χ4n) is 2.71. The van der Waals surface area contributed by atoms with Gasteiger partial charge in [-0.15, -0.1) is 0 Å². The van der Waals surface area contributed by atoms with Crippen LogP contribution in [0.4, 0.5) is 4.39 Å². The highest BCUT2D eigenvalue weighted by Gasteiger charge is 2.17. The zero-order valence-corrected chi connectivity index (χ0v) is 13.7. The van der Waals surface area contributed by atoms with E-state index in [1.165, 1.54) is 25.0 Å². The largest absolute Gasteiger partial charge is 0.496 e. The summed E-state index contributed by atoms with van der Waals surface area (Å²) < 4.78 is 18.1. The van der Waals surface area contributed by atoms with Crippen molar-refractivity contribution >= 4 is 13.0 Å². The molecule has 0 saturated carbocycles. The molecule has 3 nitrogen and oxygen atoms in total. The molecule has 1 aliphatic heterocycles. The van der Waals surface area contributed by atoms with Crippen molar-refractivity contribution in [1.82, 2.24) is 0 Å². The molecule has 0 radical (unpaired) electrons. The van der Waals surface area contributed by atoms with E-state index < -0.39 is 0 Å². The quantitative estimate of drug-likeness (QED) is 0.610. The Morgan fingerprint density at radius 2 is 1.83 bits per heavy atom. The molecule has 0 atom stereocenters. The van der Waals surface area contributed by atoms with Crippen LogP contribution in [0.1, 0.15) is 23.2 Å². The molecular formula is C19H19BFNO2. The van der Waals surface area contributed by atoms with Crippen LogP contribution in [0.5, 0.6) is 5.75 Å². The number of nitriles is 1. The number of rotatable bonds is 3. The number of carbonyl (C=O) groups excluding carboxylic acids is 1. The molecular weight excluding hydrogens is 304 g/mol. The van der Waals surface area contributed by atoms with Crippen LogP contribution in [0.3, 0.4) is 0 Å². The number of halogens is 1. The van der Waals surface area contributed by atoms with Crippen LogP contribution in [0.15, 0.2) is 42.5 Å². The molecule has 0 unspecified atom stereocenters. The molecule has 0 bridgehead atoms. The minimum atomic E-state index is -0.292. The van der Waals surface area contributed by atoms with Gasteiger partial charge in [-0.25, -0.2) is 9.65 Å². The van der Waals surface area contributed by atoms with Crippen LogP contribution in [-0.2, 0) is 0 Å². The van der Waals surface area contributed by atoms with E-state index in [1.807, 2.05) is 0 Å². The van der Waals surface area contributed by atoms with E-state index in [1.54, 1.807) is 37.4 Å². The number of ether oxygens (including phenoxy) is 1. The van der Waals surface area contributed by atoms with Crippen molar-refractivity contribution in [2.45, 2.75) is 25.5 Å². The van der Waals surface area contributed by atoms with Crippen LogP contribution in [0.25, 0.3) is 11.1 Å². The maximum absolute atomic E-state index is 12.8. The third-order valence-electron chi connectivity index (χ3n) is 4.05. The fraction of sp³-hybridized carbons (Fsp3) is 0.263. The second-order valence-corrected chi connectivity index (χ2v) is 5.69. The molecule has 5 heteroatoms. The van der Waals surface area contributed by atoms with E-state index in [0.29, 0.717) is 18.0 Å². The van der Waals surface area contributed by atoms with Gasteiger partial charge in [-0.3, -0.25) is 4.79 Å². The number of benzene rings is 2. The third kappa shape index (κ3) is 4.69. The molecule has 1 heterocycles. The van der Waals surface area contributed by atoms with Gasteiger partial charge < -0.3 is 4.74 Å². The molecule has 1 saturated heterocycles. The van der Waals surface area contributed by atoms with Gasteiger partial charge in [0.2, 0.25) is 0 Å². The number of aldehydes is 1. The molecule has 122 valence electrons. The predicted molar refractivity (Wildman–Crippen MR) is 94.0 cm³/mol. The predicted octanol–water partition coefficient (Wildman–Crippen LogP) is 4.65. The number of nitrogens with zero attached hydrogens (tertiary/aromatic N) is 1. The Balaban J connectivity index is 0.000000249. The molecule has 1 fully saturated rings. The molecule has 2 aromatic carbocycles. The van der Waals surface area contributed by atoms with Gasteiger partial charge in [-0.05, 0) is 35.9 Å². The summed E-state index contributed by atoms with van der Waals surface area (Å²) in [7, 11) is 1.56. The first-order valence-electron chi connectivity index (χ1n) is 7.96. The molecule has 1 aliphatic rings. The second-order valence-electron chi connectivity index (χ2n) is 5.69. The van der Waals surface area contributed by atoms with Crippen LogP contribution >= 0.6 is 0 Å². The summed E-state index contributed by atoms with van der Waals surface area (Å²) in [5, 5.41) is 8.32. The lowest BCUT2D eigenvalue weighted by molar-refractivity contribution is 0.112. The SMILES string of the molecule is COc1ccc(C=O)cc1-c1ccc(F)cc1.N#CB1CCCC1. The number of carbonyl (C=O) groups is 1. The van der Waals surface area contributed by atoms with E-state index in [4.69, 9.17) is 10.00 Å². The van der Waals surface area contributed by atoms with Crippen molar-refractivity contribution in [3.8, 4) is 22.8 Å². The molecule has 0 amide bonds. The van der Waals surface area contributed by atoms with Gasteiger partial charge in [0.25, 0.3) is 6.71 Å². The smallest absolute Gasteiger partial charge is 0.267 e. The zero-order chi connectivity index (χ0) is 17.4. The summed E-state index contributed by atoms with van der Waals surface area (Å²) in [4.78, 5) is 10.7. The van der Waals surface area contributed by atoms with Crippen molar-refractivity contribution in [2.75, 3.05) is 7.11 Å². The van der Waals surface area contributed by atoms with Gasteiger partial charge in [0.05, 0.1) is 7.11 Å². The molecule has 0 N–H and O–H groups in total. The van der Waals surface area contributed by atoms with Crippen LogP contribution < -0.4 is 4.74 Å². The zero-order valence-electron chi connectivity index (χ0n) is 13.7. The van der Waals surface area contributed by atoms with Crippen molar-refractivity contribution < 1.29 is 13.9 Å². The first-order chi connectivity index (χ1) is 11.7. The van der Waals surface area contributed by atoms with Gasteiger partial charge in [-0.1, -0.05) is 37.6 Å². The number of hydrogen-bond acceptors (Lipinski definition) is 3. The Kier molecular flexibility index (Phi) is 6.56. The van der Waals surface area contributed by atoms with Crippen LogP contribution in [0, 0.1) is 17.0 Å². The van der Waals surface area contributed by atoms with E-state index in [9.17, 15) is 9.18 Å². The Morgan fingerprint density at radius 3 is 2.33 bits per heavy atom. The average molecular weight is 323 g/mol. The van der Waals surface area contributed by atoms with E-state index in [2.05, 4.69) is 5.97 Å². The number of hydrogen-bond donors (Lipinski definition) is 0. The molecule has 0 aliphatic carbocycles. The monoisotopic (exact) mass is 323 g/mol. The Bertz CT molecular complexity index is 719. The lowest BCUT2D eigenvalue weighted by Crippen LogP contribution is -1.99. The van der Waals surface area contributed by atoms with E-state index in [0.717, 1.165) is 30.1 Å². The molecule has 2 aromatic rings. The average Bonchev–Trinajstić information content (AvgIpc) is 3.16. The lowest BCUT2D eigenvalue weighted by Gasteiger charge is -2.09. The van der Waals surface area contributed by atoms with E-state index >= 15 is 0 Å². The highest BCUT2D eigenvalue weighted by Crippen LogP contribution is 2.30. The Hall–Kier alpha value is -2.61.